The van der Waals surface area contributed by atoms with Crippen molar-refractivity contribution in [3.63, 3.8) is 0 Å². The normalized spacial score (nSPS) is 27.5. The minimum absolute atomic E-state index is 0.492. The zero-order chi connectivity index (χ0) is 13.9. The van der Waals surface area contributed by atoms with Crippen molar-refractivity contribution in [2.24, 2.45) is 0 Å². The number of rotatable bonds is 4. The zero-order valence-electron chi connectivity index (χ0n) is 11.3. The molecule has 0 amide bonds. The van der Waals surface area contributed by atoms with E-state index in [2.05, 4.69) is 12.2 Å². The van der Waals surface area contributed by atoms with Gasteiger partial charge in [-0.05, 0) is 44.7 Å². The van der Waals surface area contributed by atoms with Gasteiger partial charge < -0.3 is 10.4 Å². The van der Waals surface area contributed by atoms with E-state index in [4.69, 9.17) is 23.2 Å². The van der Waals surface area contributed by atoms with Gasteiger partial charge in [-0.15, -0.1) is 0 Å². The monoisotopic (exact) mass is 301 g/mol. The Kier molecular flexibility index (Phi) is 5.13. The molecule has 0 radical (unpaired) electrons. The van der Waals surface area contributed by atoms with E-state index in [0.717, 1.165) is 44.2 Å². The number of hydrogen-bond donors (Lipinski definition) is 2. The molecule has 0 bridgehead atoms. The summed E-state index contributed by atoms with van der Waals surface area (Å²) in [5.41, 5.74) is -0.0533. The molecule has 0 aromatic heterocycles. The van der Waals surface area contributed by atoms with Gasteiger partial charge in [-0.2, -0.15) is 0 Å². The van der Waals surface area contributed by atoms with E-state index in [-0.39, 0.29) is 0 Å². The zero-order valence-corrected chi connectivity index (χ0v) is 12.8. The summed E-state index contributed by atoms with van der Waals surface area (Å²) in [5.74, 6) is 0. The highest BCUT2D eigenvalue weighted by Crippen LogP contribution is 2.42. The van der Waals surface area contributed by atoms with Crippen LogP contribution in [0.4, 0.5) is 0 Å². The second-order valence-electron chi connectivity index (χ2n) is 5.36. The minimum Gasteiger partial charge on any atom is -0.385 e. The average molecular weight is 302 g/mol. The summed E-state index contributed by atoms with van der Waals surface area (Å²) in [6, 6.07) is 6.00. The molecule has 1 aromatic carbocycles. The minimum atomic E-state index is -0.827. The van der Waals surface area contributed by atoms with E-state index >= 15 is 0 Å². The molecule has 19 heavy (non-hydrogen) atoms. The predicted octanol–water partition coefficient (Wildman–Crippen LogP) is 4.12. The van der Waals surface area contributed by atoms with E-state index in [1.807, 2.05) is 12.1 Å². The summed E-state index contributed by atoms with van der Waals surface area (Å²) in [7, 11) is 0. The van der Waals surface area contributed by atoms with Gasteiger partial charge in [0.2, 0.25) is 0 Å². The van der Waals surface area contributed by atoms with Crippen LogP contribution in [0.3, 0.4) is 0 Å². The van der Waals surface area contributed by atoms with Gasteiger partial charge in [0.25, 0.3) is 0 Å². The fraction of sp³-hybridized carbons (Fsp3) is 0.600. The van der Waals surface area contributed by atoms with E-state index in [0.29, 0.717) is 16.1 Å². The third-order valence-corrected chi connectivity index (χ3v) is 4.77. The molecular weight excluding hydrogens is 281 g/mol. The molecule has 1 aliphatic carbocycles. The lowest BCUT2D eigenvalue weighted by Gasteiger charge is -2.37. The first-order valence-corrected chi connectivity index (χ1v) is 7.72. The molecule has 1 fully saturated rings. The number of halogens is 2. The van der Waals surface area contributed by atoms with Crippen LogP contribution in [0.5, 0.6) is 0 Å². The second kappa shape index (κ2) is 6.45. The first kappa shape index (κ1) is 15.1. The largest absolute Gasteiger partial charge is 0.385 e. The molecule has 1 aliphatic rings. The van der Waals surface area contributed by atoms with Gasteiger partial charge in [0.05, 0.1) is 15.6 Å². The van der Waals surface area contributed by atoms with Crippen molar-refractivity contribution < 1.29 is 5.11 Å². The molecule has 1 aromatic rings. The predicted molar refractivity (Wildman–Crippen MR) is 80.9 cm³/mol. The molecule has 106 valence electrons. The second-order valence-corrected chi connectivity index (χ2v) is 6.15. The standard InChI is InChI=1S/C15H21Cl2NO/c1-2-10-18-11-6-8-15(19,9-7-11)12-4-3-5-13(16)14(12)17/h3-5,11,18-19H,2,6-10H2,1H3. The molecule has 0 aliphatic heterocycles. The number of nitrogens with one attached hydrogen (secondary N) is 1. The summed E-state index contributed by atoms with van der Waals surface area (Å²) in [5, 5.41) is 15.3. The van der Waals surface area contributed by atoms with Gasteiger partial charge in [-0.25, -0.2) is 0 Å². The van der Waals surface area contributed by atoms with Gasteiger partial charge in [0.15, 0.2) is 0 Å². The van der Waals surface area contributed by atoms with Gasteiger partial charge >= 0.3 is 0 Å². The third-order valence-electron chi connectivity index (χ3n) is 3.95. The summed E-state index contributed by atoms with van der Waals surface area (Å²) in [6.45, 7) is 3.21. The van der Waals surface area contributed by atoms with Gasteiger partial charge in [0, 0.05) is 11.6 Å². The van der Waals surface area contributed by atoms with Crippen molar-refractivity contribution in [3.8, 4) is 0 Å². The van der Waals surface area contributed by atoms with Crippen LogP contribution in [0.2, 0.25) is 10.0 Å². The molecular formula is C15H21Cl2NO. The van der Waals surface area contributed by atoms with Crippen LogP contribution >= 0.6 is 23.2 Å². The maximum atomic E-state index is 10.8. The molecule has 2 nitrogen and oxygen atoms in total. The molecule has 4 heteroatoms. The van der Waals surface area contributed by atoms with E-state index in [9.17, 15) is 5.11 Å². The number of aliphatic hydroxyl groups is 1. The Morgan fingerprint density at radius 1 is 1.32 bits per heavy atom. The van der Waals surface area contributed by atoms with Crippen LogP contribution in [0.1, 0.15) is 44.6 Å². The van der Waals surface area contributed by atoms with Crippen LogP contribution in [-0.4, -0.2) is 17.7 Å². The summed E-state index contributed by atoms with van der Waals surface area (Å²) < 4.78 is 0. The van der Waals surface area contributed by atoms with Crippen molar-refractivity contribution >= 4 is 23.2 Å². The first-order chi connectivity index (χ1) is 9.07. The smallest absolute Gasteiger partial charge is 0.0912 e. The van der Waals surface area contributed by atoms with Crippen LogP contribution in [0.15, 0.2) is 18.2 Å². The van der Waals surface area contributed by atoms with Gasteiger partial charge in [0.1, 0.15) is 0 Å². The topological polar surface area (TPSA) is 32.3 Å². The first-order valence-electron chi connectivity index (χ1n) is 6.97. The third kappa shape index (κ3) is 3.43. The van der Waals surface area contributed by atoms with Crippen molar-refractivity contribution in [2.75, 3.05) is 6.54 Å². The molecule has 2 rings (SSSR count). The van der Waals surface area contributed by atoms with Crippen molar-refractivity contribution in [1.82, 2.24) is 5.32 Å². The van der Waals surface area contributed by atoms with Crippen LogP contribution < -0.4 is 5.32 Å². The number of hydrogen-bond acceptors (Lipinski definition) is 2. The SMILES string of the molecule is CCCNC1CCC(O)(c2cccc(Cl)c2Cl)CC1. The quantitative estimate of drug-likeness (QED) is 0.876. The van der Waals surface area contributed by atoms with Crippen molar-refractivity contribution in [3.05, 3.63) is 33.8 Å². The van der Waals surface area contributed by atoms with E-state index in [1.54, 1.807) is 6.07 Å². The lowest BCUT2D eigenvalue weighted by molar-refractivity contribution is -0.00816. The number of benzene rings is 1. The van der Waals surface area contributed by atoms with Gasteiger partial charge in [-0.3, -0.25) is 0 Å². The van der Waals surface area contributed by atoms with Crippen LogP contribution in [0, 0.1) is 0 Å². The van der Waals surface area contributed by atoms with Crippen LogP contribution in [0.25, 0.3) is 0 Å². The Labute approximate surface area is 125 Å². The fourth-order valence-corrected chi connectivity index (χ4v) is 3.26. The Morgan fingerprint density at radius 3 is 2.63 bits per heavy atom. The highest BCUT2D eigenvalue weighted by atomic mass is 35.5. The Balaban J connectivity index is 2.07. The Morgan fingerprint density at radius 2 is 2.00 bits per heavy atom. The maximum absolute atomic E-state index is 10.8. The highest BCUT2D eigenvalue weighted by Gasteiger charge is 2.36. The molecule has 0 spiro atoms. The van der Waals surface area contributed by atoms with E-state index in [1.165, 1.54) is 0 Å². The molecule has 2 N–H and O–H groups in total. The lowest BCUT2D eigenvalue weighted by Crippen LogP contribution is -2.40. The fourth-order valence-electron chi connectivity index (χ4n) is 2.78. The average Bonchev–Trinajstić information content (AvgIpc) is 2.41. The van der Waals surface area contributed by atoms with Gasteiger partial charge in [-0.1, -0.05) is 42.3 Å². The molecule has 0 heterocycles. The lowest BCUT2D eigenvalue weighted by atomic mass is 9.77. The summed E-state index contributed by atoms with van der Waals surface area (Å²) in [4.78, 5) is 0. The summed E-state index contributed by atoms with van der Waals surface area (Å²) in [6.07, 6.45) is 4.54. The highest BCUT2D eigenvalue weighted by molar-refractivity contribution is 6.42. The van der Waals surface area contributed by atoms with Crippen molar-refractivity contribution in [1.29, 1.82) is 0 Å². The molecule has 1 saturated carbocycles. The maximum Gasteiger partial charge on any atom is 0.0912 e. The Bertz CT molecular complexity index is 428. The van der Waals surface area contributed by atoms with Crippen LogP contribution in [-0.2, 0) is 5.60 Å². The summed E-state index contributed by atoms with van der Waals surface area (Å²) >= 11 is 12.3. The molecule has 0 unspecified atom stereocenters. The van der Waals surface area contributed by atoms with Crippen molar-refractivity contribution in [2.45, 2.75) is 50.7 Å². The molecule has 0 saturated heterocycles. The molecule has 0 atom stereocenters. The Hall–Kier alpha value is -0.280. The van der Waals surface area contributed by atoms with E-state index < -0.39 is 5.60 Å².